The number of aliphatic hydroxyl groups is 1. The molecule has 0 aliphatic rings. The van der Waals surface area contributed by atoms with E-state index in [0.717, 1.165) is 0 Å². The van der Waals surface area contributed by atoms with Crippen LogP contribution in [0.5, 0.6) is 0 Å². The molecule has 0 aliphatic carbocycles. The highest BCUT2D eigenvalue weighted by Crippen LogP contribution is 2.60. The minimum Gasteiger partial charge on any atom is -0.394 e. The van der Waals surface area contributed by atoms with Gasteiger partial charge in [-0.25, -0.2) is 0 Å². The van der Waals surface area contributed by atoms with Crippen molar-refractivity contribution < 1.29 is 76.4 Å². The van der Waals surface area contributed by atoms with Crippen molar-refractivity contribution in [1.82, 2.24) is 0 Å². The summed E-state index contributed by atoms with van der Waals surface area (Å²) in [5.41, 5.74) is 0. The Morgan fingerprint density at radius 3 is 1.28 bits per heavy atom. The predicted molar refractivity (Wildman–Crippen MR) is 65.5 cm³/mol. The maximum absolute atomic E-state index is 13.2. The first-order valence-electron chi connectivity index (χ1n) is 7.17. The SMILES string of the molecule is OCCOCCOCCOC(F)(F)C(F)(F)C(F)(F)C(F)(F)C(F)(F)C(F)(F)F. The zero-order valence-electron chi connectivity index (χ0n) is 13.8. The van der Waals surface area contributed by atoms with Gasteiger partial charge in [-0.2, -0.15) is 57.1 Å². The summed E-state index contributed by atoms with van der Waals surface area (Å²) in [6.07, 6.45) is -14.0. The number of aliphatic hydroxyl groups excluding tert-OH is 1. The van der Waals surface area contributed by atoms with Gasteiger partial charge in [0.25, 0.3) is 0 Å². The molecule has 0 saturated heterocycles. The minimum atomic E-state index is -7.96. The van der Waals surface area contributed by atoms with Crippen LogP contribution in [0.1, 0.15) is 0 Å². The number of hydrogen-bond donors (Lipinski definition) is 1. The first-order chi connectivity index (χ1) is 12.8. The summed E-state index contributed by atoms with van der Waals surface area (Å²) in [4.78, 5) is 0. The average molecular weight is 468 g/mol. The smallest absolute Gasteiger partial charge is 0.394 e. The van der Waals surface area contributed by atoms with Crippen LogP contribution in [0.25, 0.3) is 0 Å². The minimum absolute atomic E-state index is 0.157. The molecule has 0 atom stereocenters. The lowest BCUT2D eigenvalue weighted by molar-refractivity contribution is -0.466. The molecule has 4 nitrogen and oxygen atoms in total. The Kier molecular flexibility index (Phi) is 9.04. The highest BCUT2D eigenvalue weighted by atomic mass is 19.4. The molecule has 29 heavy (non-hydrogen) atoms. The van der Waals surface area contributed by atoms with Gasteiger partial charge in [-0.05, 0) is 0 Å². The predicted octanol–water partition coefficient (Wildman–Crippen LogP) is 3.72. The molecule has 0 aromatic rings. The van der Waals surface area contributed by atoms with Gasteiger partial charge < -0.3 is 19.3 Å². The fourth-order valence-electron chi connectivity index (χ4n) is 1.46. The van der Waals surface area contributed by atoms with Crippen molar-refractivity contribution in [3.63, 3.8) is 0 Å². The highest BCUT2D eigenvalue weighted by Gasteiger charge is 2.91. The van der Waals surface area contributed by atoms with Crippen molar-refractivity contribution in [2.24, 2.45) is 0 Å². The summed E-state index contributed by atoms with van der Waals surface area (Å²) in [6, 6.07) is 0. The third-order valence-electron chi connectivity index (χ3n) is 3.02. The zero-order chi connectivity index (χ0) is 23.4. The molecular weight excluding hydrogens is 455 g/mol. The van der Waals surface area contributed by atoms with Crippen molar-refractivity contribution in [2.45, 2.75) is 36.0 Å². The van der Waals surface area contributed by atoms with Crippen molar-refractivity contribution >= 4 is 0 Å². The molecule has 176 valence electrons. The lowest BCUT2D eigenvalue weighted by Gasteiger charge is -2.39. The van der Waals surface area contributed by atoms with Gasteiger partial charge in [0.05, 0.1) is 39.6 Å². The molecule has 0 bridgehead atoms. The molecule has 0 radical (unpaired) electrons. The van der Waals surface area contributed by atoms with Gasteiger partial charge in [-0.15, -0.1) is 0 Å². The van der Waals surface area contributed by atoms with Gasteiger partial charge in [-0.1, -0.05) is 0 Å². The Hall–Kier alpha value is -1.07. The summed E-state index contributed by atoms with van der Waals surface area (Å²) < 4.78 is 178. The van der Waals surface area contributed by atoms with Crippen LogP contribution in [0, 0.1) is 0 Å². The molecule has 0 rings (SSSR count). The van der Waals surface area contributed by atoms with E-state index in [0.29, 0.717) is 0 Å². The van der Waals surface area contributed by atoms with Crippen LogP contribution in [-0.4, -0.2) is 80.7 Å². The summed E-state index contributed by atoms with van der Waals surface area (Å²) in [7, 11) is 0. The number of alkyl halides is 13. The molecule has 0 amide bonds. The second-order valence-electron chi connectivity index (χ2n) is 5.11. The molecule has 1 N–H and O–H groups in total. The van der Waals surface area contributed by atoms with Crippen molar-refractivity contribution in [3.05, 3.63) is 0 Å². The van der Waals surface area contributed by atoms with Crippen LogP contribution in [0.3, 0.4) is 0 Å². The normalized spacial score (nSPS) is 15.1. The first-order valence-corrected chi connectivity index (χ1v) is 7.17. The molecule has 17 heteroatoms. The molecule has 0 aromatic carbocycles. The molecule has 0 aliphatic heterocycles. The average Bonchev–Trinajstić information content (AvgIpc) is 2.55. The van der Waals surface area contributed by atoms with E-state index in [1.54, 1.807) is 0 Å². The number of hydrogen-bond acceptors (Lipinski definition) is 4. The molecular formula is C12H13F13O4. The lowest BCUT2D eigenvalue weighted by atomic mass is 9.97. The Bertz CT molecular complexity index is 507. The maximum Gasteiger partial charge on any atom is 0.460 e. The van der Waals surface area contributed by atoms with Gasteiger partial charge >= 0.3 is 36.0 Å². The zero-order valence-corrected chi connectivity index (χ0v) is 13.8. The Morgan fingerprint density at radius 2 is 0.862 bits per heavy atom. The van der Waals surface area contributed by atoms with E-state index < -0.39 is 62.4 Å². The van der Waals surface area contributed by atoms with E-state index in [4.69, 9.17) is 5.11 Å². The largest absolute Gasteiger partial charge is 0.460 e. The van der Waals surface area contributed by atoms with Gasteiger partial charge in [0.2, 0.25) is 0 Å². The van der Waals surface area contributed by atoms with Gasteiger partial charge in [-0.3, -0.25) is 0 Å². The van der Waals surface area contributed by atoms with Crippen molar-refractivity contribution in [1.29, 1.82) is 0 Å². The van der Waals surface area contributed by atoms with Crippen LogP contribution >= 0.6 is 0 Å². The third-order valence-corrected chi connectivity index (χ3v) is 3.02. The van der Waals surface area contributed by atoms with Gasteiger partial charge in [0.1, 0.15) is 0 Å². The number of halogens is 13. The van der Waals surface area contributed by atoms with Crippen LogP contribution in [0.4, 0.5) is 57.1 Å². The second kappa shape index (κ2) is 9.38. The monoisotopic (exact) mass is 468 g/mol. The Labute approximate surface area is 153 Å². The molecule has 0 spiro atoms. The van der Waals surface area contributed by atoms with Gasteiger partial charge in [0, 0.05) is 0 Å². The van der Waals surface area contributed by atoms with E-state index >= 15 is 0 Å². The summed E-state index contributed by atoms with van der Waals surface area (Å²) in [5.74, 6) is -31.1. The molecule has 0 heterocycles. The van der Waals surface area contributed by atoms with E-state index in [1.165, 1.54) is 0 Å². The van der Waals surface area contributed by atoms with Crippen LogP contribution in [-0.2, 0) is 14.2 Å². The maximum atomic E-state index is 13.2. The molecule has 0 aromatic heterocycles. The molecule has 0 saturated carbocycles. The van der Waals surface area contributed by atoms with E-state index in [-0.39, 0.29) is 13.2 Å². The molecule has 0 unspecified atom stereocenters. The van der Waals surface area contributed by atoms with Crippen LogP contribution in [0.15, 0.2) is 0 Å². The molecule has 0 fully saturated rings. The van der Waals surface area contributed by atoms with E-state index in [1.807, 2.05) is 0 Å². The Morgan fingerprint density at radius 1 is 0.483 bits per heavy atom. The fraction of sp³-hybridized carbons (Fsp3) is 1.00. The van der Waals surface area contributed by atoms with Crippen LogP contribution in [0.2, 0.25) is 0 Å². The second-order valence-corrected chi connectivity index (χ2v) is 5.11. The van der Waals surface area contributed by atoms with Gasteiger partial charge in [0.15, 0.2) is 0 Å². The summed E-state index contributed by atoms with van der Waals surface area (Å²) in [5, 5.41) is 8.33. The summed E-state index contributed by atoms with van der Waals surface area (Å²) in [6.45, 7) is -3.90. The lowest BCUT2D eigenvalue weighted by Crippen LogP contribution is -2.70. The first kappa shape index (κ1) is 27.9. The van der Waals surface area contributed by atoms with E-state index in [9.17, 15) is 57.1 Å². The Balaban J connectivity index is 5.21. The highest BCUT2D eigenvalue weighted by molar-refractivity contribution is 5.08. The fourth-order valence-corrected chi connectivity index (χ4v) is 1.46. The quantitative estimate of drug-likeness (QED) is 0.331. The third kappa shape index (κ3) is 5.55. The van der Waals surface area contributed by atoms with Crippen molar-refractivity contribution in [2.75, 3.05) is 39.6 Å². The van der Waals surface area contributed by atoms with E-state index in [2.05, 4.69) is 14.2 Å². The standard InChI is InChI=1S/C12H13F13O4/c13-7(14,9(17,18)11(21,22)23)8(15,16)10(19,20)12(24,25)29-6-5-28-4-3-27-2-1-26/h26H,1-6H2. The van der Waals surface area contributed by atoms with Crippen LogP contribution < -0.4 is 0 Å². The topological polar surface area (TPSA) is 47.9 Å². The number of rotatable bonds is 13. The number of ether oxygens (including phenoxy) is 3. The van der Waals surface area contributed by atoms with Crippen molar-refractivity contribution in [3.8, 4) is 0 Å². The summed E-state index contributed by atoms with van der Waals surface area (Å²) >= 11 is 0.